The third-order valence-electron chi connectivity index (χ3n) is 3.50. The lowest BCUT2D eigenvalue weighted by atomic mass is 10.2. The van der Waals surface area contributed by atoms with Crippen molar-refractivity contribution in [2.75, 3.05) is 5.32 Å². The SMILES string of the molecule is NC(=NCc1nnc2n1CCCCC2)Nc1ccccn1. The van der Waals surface area contributed by atoms with Gasteiger partial charge in [0.2, 0.25) is 0 Å². The smallest absolute Gasteiger partial charge is 0.194 e. The van der Waals surface area contributed by atoms with E-state index in [2.05, 4.69) is 30.1 Å². The van der Waals surface area contributed by atoms with Gasteiger partial charge in [0.15, 0.2) is 11.8 Å². The van der Waals surface area contributed by atoms with Crippen LogP contribution < -0.4 is 11.1 Å². The minimum atomic E-state index is 0.333. The molecule has 0 bridgehead atoms. The maximum absolute atomic E-state index is 5.87. The number of nitrogens with one attached hydrogen (secondary N) is 1. The van der Waals surface area contributed by atoms with Gasteiger partial charge < -0.3 is 15.6 Å². The lowest BCUT2D eigenvalue weighted by Crippen LogP contribution is -2.23. The summed E-state index contributed by atoms with van der Waals surface area (Å²) in [6, 6.07) is 5.58. The van der Waals surface area contributed by atoms with Crippen LogP contribution >= 0.6 is 0 Å². The standard InChI is InChI=1S/C14H19N7/c15-14(18-11-6-3-4-8-16-11)17-10-13-20-19-12-7-2-1-5-9-21(12)13/h3-4,6,8H,1-2,5,7,9-10H2,(H3,15,16,17,18). The zero-order valence-electron chi connectivity index (χ0n) is 11.9. The molecule has 0 saturated heterocycles. The van der Waals surface area contributed by atoms with Crippen molar-refractivity contribution in [3.63, 3.8) is 0 Å². The van der Waals surface area contributed by atoms with Gasteiger partial charge in [-0.25, -0.2) is 9.98 Å². The zero-order valence-corrected chi connectivity index (χ0v) is 11.9. The number of pyridine rings is 1. The van der Waals surface area contributed by atoms with Crippen molar-refractivity contribution in [2.45, 2.75) is 38.8 Å². The highest BCUT2D eigenvalue weighted by Crippen LogP contribution is 2.14. The van der Waals surface area contributed by atoms with Crippen molar-refractivity contribution in [1.82, 2.24) is 19.7 Å². The van der Waals surface area contributed by atoms with Crippen LogP contribution in [0.15, 0.2) is 29.4 Å². The molecule has 0 atom stereocenters. The number of nitrogens with zero attached hydrogens (tertiary/aromatic N) is 5. The summed E-state index contributed by atoms with van der Waals surface area (Å²) in [6.45, 7) is 1.40. The summed E-state index contributed by atoms with van der Waals surface area (Å²) in [6.07, 6.45) is 6.30. The van der Waals surface area contributed by atoms with Gasteiger partial charge in [-0.1, -0.05) is 12.5 Å². The Morgan fingerprint density at radius 3 is 3.10 bits per heavy atom. The highest BCUT2D eigenvalue weighted by atomic mass is 15.3. The number of aliphatic imine (C=N–C) groups is 1. The Balaban J connectivity index is 1.67. The monoisotopic (exact) mass is 285 g/mol. The molecule has 21 heavy (non-hydrogen) atoms. The van der Waals surface area contributed by atoms with Gasteiger partial charge in [0.25, 0.3) is 0 Å². The zero-order chi connectivity index (χ0) is 14.5. The number of nitrogens with two attached hydrogens (primary N) is 1. The fraction of sp³-hybridized carbons (Fsp3) is 0.429. The molecular weight excluding hydrogens is 266 g/mol. The molecule has 0 spiro atoms. The Hall–Kier alpha value is -2.44. The molecular formula is C14H19N7. The van der Waals surface area contributed by atoms with E-state index in [0.29, 0.717) is 18.3 Å². The molecule has 3 heterocycles. The molecule has 3 rings (SSSR count). The fourth-order valence-corrected chi connectivity index (χ4v) is 2.43. The van der Waals surface area contributed by atoms with Crippen LogP contribution in [0.2, 0.25) is 0 Å². The summed E-state index contributed by atoms with van der Waals surface area (Å²) in [5, 5.41) is 11.4. The summed E-state index contributed by atoms with van der Waals surface area (Å²) in [7, 11) is 0. The van der Waals surface area contributed by atoms with E-state index < -0.39 is 0 Å². The highest BCUT2D eigenvalue weighted by molar-refractivity contribution is 5.91. The first kappa shape index (κ1) is 13.5. The van der Waals surface area contributed by atoms with Crippen LogP contribution in [0.5, 0.6) is 0 Å². The van der Waals surface area contributed by atoms with E-state index in [1.165, 1.54) is 19.3 Å². The summed E-state index contributed by atoms with van der Waals surface area (Å²) in [5.41, 5.74) is 5.87. The number of rotatable bonds is 3. The Kier molecular flexibility index (Phi) is 4.09. The van der Waals surface area contributed by atoms with Gasteiger partial charge in [-0.2, -0.15) is 0 Å². The molecule has 0 aliphatic carbocycles. The Bertz CT molecular complexity index is 618. The molecule has 2 aromatic heterocycles. The van der Waals surface area contributed by atoms with Crippen molar-refractivity contribution in [3.8, 4) is 0 Å². The summed E-state index contributed by atoms with van der Waals surface area (Å²) in [4.78, 5) is 8.46. The van der Waals surface area contributed by atoms with Crippen LogP contribution in [0.25, 0.3) is 0 Å². The number of guanidine groups is 1. The Morgan fingerprint density at radius 2 is 2.24 bits per heavy atom. The van der Waals surface area contributed by atoms with E-state index in [9.17, 15) is 0 Å². The molecule has 0 fully saturated rings. The second kappa shape index (κ2) is 6.34. The van der Waals surface area contributed by atoms with Gasteiger partial charge in [-0.3, -0.25) is 0 Å². The minimum absolute atomic E-state index is 0.333. The third kappa shape index (κ3) is 3.36. The van der Waals surface area contributed by atoms with Gasteiger partial charge in [0.1, 0.15) is 18.2 Å². The van der Waals surface area contributed by atoms with Crippen molar-refractivity contribution >= 4 is 11.8 Å². The number of fused-ring (bicyclic) bond motifs is 1. The van der Waals surface area contributed by atoms with E-state index in [-0.39, 0.29) is 0 Å². The van der Waals surface area contributed by atoms with Crippen molar-refractivity contribution in [3.05, 3.63) is 36.0 Å². The van der Waals surface area contributed by atoms with Crippen molar-refractivity contribution in [1.29, 1.82) is 0 Å². The number of aromatic nitrogens is 4. The second-order valence-corrected chi connectivity index (χ2v) is 5.04. The van der Waals surface area contributed by atoms with E-state index in [1.54, 1.807) is 6.20 Å². The molecule has 7 heteroatoms. The predicted octanol–water partition coefficient (Wildman–Crippen LogP) is 1.33. The Morgan fingerprint density at radius 1 is 1.29 bits per heavy atom. The van der Waals surface area contributed by atoms with Gasteiger partial charge in [0.05, 0.1) is 0 Å². The third-order valence-corrected chi connectivity index (χ3v) is 3.50. The molecule has 0 unspecified atom stereocenters. The Labute approximate surface area is 123 Å². The first-order valence-electron chi connectivity index (χ1n) is 7.22. The topological polar surface area (TPSA) is 94.0 Å². The average Bonchev–Trinajstić information content (AvgIpc) is 2.73. The lowest BCUT2D eigenvalue weighted by Gasteiger charge is -2.06. The second-order valence-electron chi connectivity index (χ2n) is 5.04. The number of hydrogen-bond donors (Lipinski definition) is 2. The molecule has 3 N–H and O–H groups in total. The summed E-state index contributed by atoms with van der Waals surface area (Å²) >= 11 is 0. The average molecular weight is 285 g/mol. The van der Waals surface area contributed by atoms with Crippen LogP contribution in [0, 0.1) is 0 Å². The fourth-order valence-electron chi connectivity index (χ4n) is 2.43. The van der Waals surface area contributed by atoms with Crippen LogP contribution in [0.3, 0.4) is 0 Å². The number of anilines is 1. The molecule has 0 amide bonds. The first-order valence-corrected chi connectivity index (χ1v) is 7.22. The maximum atomic E-state index is 5.87. The van der Waals surface area contributed by atoms with E-state index in [4.69, 9.17) is 5.73 Å². The van der Waals surface area contributed by atoms with E-state index in [1.807, 2.05) is 18.2 Å². The largest absolute Gasteiger partial charge is 0.370 e. The molecule has 1 aliphatic rings. The maximum Gasteiger partial charge on any atom is 0.194 e. The summed E-state index contributed by atoms with van der Waals surface area (Å²) in [5.74, 6) is 2.95. The summed E-state index contributed by atoms with van der Waals surface area (Å²) < 4.78 is 2.17. The normalized spacial score (nSPS) is 15.3. The van der Waals surface area contributed by atoms with E-state index in [0.717, 1.165) is 24.6 Å². The van der Waals surface area contributed by atoms with Crippen LogP contribution in [-0.2, 0) is 19.5 Å². The molecule has 1 aliphatic heterocycles. The first-order chi connectivity index (χ1) is 10.3. The van der Waals surface area contributed by atoms with Gasteiger partial charge in [0, 0.05) is 19.2 Å². The van der Waals surface area contributed by atoms with E-state index >= 15 is 0 Å². The molecule has 7 nitrogen and oxygen atoms in total. The number of hydrogen-bond acceptors (Lipinski definition) is 4. The van der Waals surface area contributed by atoms with Gasteiger partial charge in [-0.15, -0.1) is 10.2 Å². The minimum Gasteiger partial charge on any atom is -0.370 e. The molecule has 0 aromatic carbocycles. The van der Waals surface area contributed by atoms with Gasteiger partial charge >= 0.3 is 0 Å². The van der Waals surface area contributed by atoms with Gasteiger partial charge in [-0.05, 0) is 25.0 Å². The molecule has 110 valence electrons. The van der Waals surface area contributed by atoms with Crippen LogP contribution in [0.1, 0.15) is 30.9 Å². The molecule has 2 aromatic rings. The molecule has 0 saturated carbocycles. The quantitative estimate of drug-likeness (QED) is 0.655. The molecule has 0 radical (unpaired) electrons. The van der Waals surface area contributed by atoms with Crippen LogP contribution in [-0.4, -0.2) is 25.7 Å². The van der Waals surface area contributed by atoms with Crippen molar-refractivity contribution in [2.24, 2.45) is 10.7 Å². The predicted molar refractivity (Wildman–Crippen MR) is 80.8 cm³/mol. The lowest BCUT2D eigenvalue weighted by molar-refractivity contribution is 0.606. The van der Waals surface area contributed by atoms with Crippen LogP contribution in [0.4, 0.5) is 5.82 Å². The highest BCUT2D eigenvalue weighted by Gasteiger charge is 2.14. The van der Waals surface area contributed by atoms with Crippen molar-refractivity contribution < 1.29 is 0 Å². The number of aryl methyl sites for hydroxylation is 1.